The third-order valence-electron chi connectivity index (χ3n) is 2.45. The van der Waals surface area contributed by atoms with Gasteiger partial charge in [-0.25, -0.2) is 13.6 Å². The lowest BCUT2D eigenvalue weighted by Crippen LogP contribution is -2.30. The molecule has 0 aromatic rings. The van der Waals surface area contributed by atoms with E-state index in [1.165, 1.54) is 12.8 Å². The third-order valence-corrected chi connectivity index (χ3v) is 3.31. The van der Waals surface area contributed by atoms with Gasteiger partial charge in [-0.3, -0.25) is 0 Å². The smallest absolute Gasteiger partial charge is 0.209 e. The zero-order chi connectivity index (χ0) is 10.6. The Hall–Kier alpha value is -0.130. The summed E-state index contributed by atoms with van der Waals surface area (Å²) in [5, 5.41) is 4.94. The summed E-state index contributed by atoms with van der Waals surface area (Å²) < 4.78 is 21.4. The summed E-state index contributed by atoms with van der Waals surface area (Å²) in [7, 11) is -3.27. The highest BCUT2D eigenvalue weighted by Gasteiger charge is 2.27. The molecule has 0 bridgehead atoms. The molecule has 0 heterocycles. The molecule has 14 heavy (non-hydrogen) atoms. The summed E-state index contributed by atoms with van der Waals surface area (Å²) in [6.07, 6.45) is 4.34. The van der Waals surface area contributed by atoms with Crippen LogP contribution >= 0.6 is 0 Å². The van der Waals surface area contributed by atoms with E-state index in [0.717, 1.165) is 25.6 Å². The van der Waals surface area contributed by atoms with Crippen LogP contribution in [0.25, 0.3) is 0 Å². The van der Waals surface area contributed by atoms with E-state index in [0.29, 0.717) is 6.42 Å². The van der Waals surface area contributed by atoms with Crippen molar-refractivity contribution in [3.05, 3.63) is 0 Å². The highest BCUT2D eigenvalue weighted by Crippen LogP contribution is 2.26. The minimum absolute atomic E-state index is 0.111. The van der Waals surface area contributed by atoms with Gasteiger partial charge in [-0.1, -0.05) is 6.92 Å². The Morgan fingerprint density at radius 1 is 1.36 bits per heavy atom. The van der Waals surface area contributed by atoms with Gasteiger partial charge in [0.25, 0.3) is 0 Å². The van der Waals surface area contributed by atoms with E-state index in [1.807, 2.05) is 0 Å². The number of hydrogen-bond acceptors (Lipinski definition) is 3. The van der Waals surface area contributed by atoms with Gasteiger partial charge in [0.05, 0.1) is 5.75 Å². The Labute approximate surface area is 86.5 Å². The lowest BCUT2D eigenvalue weighted by Gasteiger charge is -2.20. The van der Waals surface area contributed by atoms with Gasteiger partial charge in [-0.05, 0) is 38.8 Å². The Kier molecular flexibility index (Phi) is 4.34. The fraction of sp³-hybridized carbons (Fsp3) is 1.00. The molecular formula is C9H20N2O2S. The molecule has 1 saturated carbocycles. The average molecular weight is 220 g/mol. The summed E-state index contributed by atoms with van der Waals surface area (Å²) >= 11 is 0. The fourth-order valence-corrected chi connectivity index (χ4v) is 2.20. The lowest BCUT2D eigenvalue weighted by atomic mass is 10.3. The number of hydrogen-bond donors (Lipinski definition) is 1. The van der Waals surface area contributed by atoms with Gasteiger partial charge in [-0.15, -0.1) is 0 Å². The Balaban J connectivity index is 2.19. The van der Waals surface area contributed by atoms with Gasteiger partial charge in [-0.2, -0.15) is 0 Å². The van der Waals surface area contributed by atoms with E-state index in [-0.39, 0.29) is 5.75 Å². The zero-order valence-corrected chi connectivity index (χ0v) is 9.59. The van der Waals surface area contributed by atoms with Crippen LogP contribution in [0.4, 0.5) is 0 Å². The zero-order valence-electron chi connectivity index (χ0n) is 8.78. The second-order valence-electron chi connectivity index (χ2n) is 3.99. The molecule has 0 aromatic heterocycles. The van der Waals surface area contributed by atoms with Crippen LogP contribution in [-0.4, -0.2) is 38.2 Å². The Morgan fingerprint density at radius 3 is 2.43 bits per heavy atom. The number of nitrogens with zero attached hydrogens (tertiary/aromatic N) is 1. The first-order chi connectivity index (χ1) is 6.53. The van der Waals surface area contributed by atoms with Gasteiger partial charge in [0, 0.05) is 6.04 Å². The summed E-state index contributed by atoms with van der Waals surface area (Å²) in [6.45, 7) is 4.10. The lowest BCUT2D eigenvalue weighted by molar-refractivity contribution is 0.265. The summed E-state index contributed by atoms with van der Waals surface area (Å²) in [6, 6.07) is 0.718. The average Bonchev–Trinajstić information content (AvgIpc) is 2.83. The molecule has 0 radical (unpaired) electrons. The van der Waals surface area contributed by atoms with Crippen LogP contribution in [-0.2, 0) is 10.0 Å². The van der Waals surface area contributed by atoms with Crippen LogP contribution < -0.4 is 5.14 Å². The predicted molar refractivity (Wildman–Crippen MR) is 57.5 cm³/mol. The first-order valence-corrected chi connectivity index (χ1v) is 6.99. The minimum Gasteiger partial charge on any atom is -0.300 e. The number of primary sulfonamides is 1. The van der Waals surface area contributed by atoms with Gasteiger partial charge in [0.2, 0.25) is 10.0 Å². The quantitative estimate of drug-likeness (QED) is 0.681. The molecule has 2 N–H and O–H groups in total. The van der Waals surface area contributed by atoms with Crippen molar-refractivity contribution in [1.29, 1.82) is 0 Å². The van der Waals surface area contributed by atoms with Crippen LogP contribution in [0.3, 0.4) is 0 Å². The normalized spacial score (nSPS) is 17.6. The highest BCUT2D eigenvalue weighted by atomic mass is 32.2. The van der Waals surface area contributed by atoms with E-state index in [9.17, 15) is 8.42 Å². The summed E-state index contributed by atoms with van der Waals surface area (Å²) in [5.41, 5.74) is 0. The van der Waals surface area contributed by atoms with E-state index >= 15 is 0 Å². The standard InChI is InChI=1S/C9H20N2O2S/c1-2-6-11(9-4-5-9)7-3-8-14(10,12)13/h9H,2-8H2,1H3,(H2,10,12,13). The number of nitrogens with two attached hydrogens (primary N) is 1. The molecule has 0 aromatic carbocycles. The predicted octanol–water partition coefficient (Wildman–Crippen LogP) is 0.539. The fourth-order valence-electron chi connectivity index (χ4n) is 1.67. The Morgan fingerprint density at radius 2 is 2.00 bits per heavy atom. The van der Waals surface area contributed by atoms with Crippen LogP contribution in [0.2, 0.25) is 0 Å². The molecule has 1 aliphatic carbocycles. The van der Waals surface area contributed by atoms with Crippen molar-refractivity contribution in [2.45, 2.75) is 38.6 Å². The van der Waals surface area contributed by atoms with Crippen molar-refractivity contribution in [2.24, 2.45) is 5.14 Å². The second-order valence-corrected chi connectivity index (χ2v) is 5.72. The molecule has 84 valence electrons. The molecule has 0 aliphatic heterocycles. The van der Waals surface area contributed by atoms with Crippen LogP contribution in [0, 0.1) is 0 Å². The monoisotopic (exact) mass is 220 g/mol. The first-order valence-electron chi connectivity index (χ1n) is 5.27. The van der Waals surface area contributed by atoms with Gasteiger partial charge >= 0.3 is 0 Å². The van der Waals surface area contributed by atoms with Crippen molar-refractivity contribution in [1.82, 2.24) is 4.90 Å². The van der Waals surface area contributed by atoms with E-state index in [1.54, 1.807) is 0 Å². The van der Waals surface area contributed by atoms with Crippen molar-refractivity contribution in [2.75, 3.05) is 18.8 Å². The molecule has 0 spiro atoms. The minimum atomic E-state index is -3.27. The van der Waals surface area contributed by atoms with Crippen molar-refractivity contribution >= 4 is 10.0 Å². The van der Waals surface area contributed by atoms with Gasteiger partial charge < -0.3 is 4.90 Å². The maximum absolute atomic E-state index is 10.7. The van der Waals surface area contributed by atoms with Crippen LogP contribution in [0.1, 0.15) is 32.6 Å². The maximum atomic E-state index is 10.7. The van der Waals surface area contributed by atoms with Gasteiger partial charge in [0.15, 0.2) is 0 Å². The largest absolute Gasteiger partial charge is 0.300 e. The molecule has 5 heteroatoms. The molecule has 4 nitrogen and oxygen atoms in total. The summed E-state index contributed by atoms with van der Waals surface area (Å²) in [5.74, 6) is 0.111. The molecule has 1 fully saturated rings. The van der Waals surface area contributed by atoms with Crippen LogP contribution in [0.5, 0.6) is 0 Å². The topological polar surface area (TPSA) is 63.4 Å². The molecule has 1 rings (SSSR count). The Bertz CT molecular complexity index is 260. The van der Waals surface area contributed by atoms with E-state index in [2.05, 4.69) is 11.8 Å². The van der Waals surface area contributed by atoms with E-state index in [4.69, 9.17) is 5.14 Å². The van der Waals surface area contributed by atoms with Crippen molar-refractivity contribution in [3.8, 4) is 0 Å². The molecule has 0 amide bonds. The summed E-state index contributed by atoms with van der Waals surface area (Å²) in [4.78, 5) is 2.38. The molecule has 0 unspecified atom stereocenters. The molecular weight excluding hydrogens is 200 g/mol. The molecule has 0 atom stereocenters. The molecule has 1 aliphatic rings. The second kappa shape index (κ2) is 5.09. The van der Waals surface area contributed by atoms with Crippen molar-refractivity contribution < 1.29 is 8.42 Å². The first kappa shape index (κ1) is 11.9. The van der Waals surface area contributed by atoms with Crippen molar-refractivity contribution in [3.63, 3.8) is 0 Å². The third kappa shape index (κ3) is 4.93. The molecule has 0 saturated heterocycles. The maximum Gasteiger partial charge on any atom is 0.209 e. The number of rotatable bonds is 7. The SMILES string of the molecule is CCCN(CCCS(N)(=O)=O)C1CC1. The van der Waals surface area contributed by atoms with Crippen LogP contribution in [0.15, 0.2) is 0 Å². The highest BCUT2D eigenvalue weighted by molar-refractivity contribution is 7.89. The van der Waals surface area contributed by atoms with Gasteiger partial charge in [0.1, 0.15) is 0 Å². The number of sulfonamides is 1. The van der Waals surface area contributed by atoms with E-state index < -0.39 is 10.0 Å².